The standard InChI is InChI=1S/C13H24N2O/c1-13(2,3)11(16)7-5-6-8-12-14-9-10-15(12)4/h9-11,16H,5-8H2,1-4H3. The lowest BCUT2D eigenvalue weighted by atomic mass is 9.86. The van der Waals surface area contributed by atoms with E-state index in [0.29, 0.717) is 0 Å². The highest BCUT2D eigenvalue weighted by atomic mass is 16.3. The van der Waals surface area contributed by atoms with E-state index in [0.717, 1.165) is 31.5 Å². The van der Waals surface area contributed by atoms with Crippen LogP contribution in [0.15, 0.2) is 12.4 Å². The molecule has 0 amide bonds. The highest BCUT2D eigenvalue weighted by molar-refractivity contribution is 4.90. The van der Waals surface area contributed by atoms with Gasteiger partial charge in [0.2, 0.25) is 0 Å². The predicted molar refractivity (Wildman–Crippen MR) is 66.2 cm³/mol. The van der Waals surface area contributed by atoms with Crippen molar-refractivity contribution in [3.8, 4) is 0 Å². The van der Waals surface area contributed by atoms with Gasteiger partial charge in [-0.25, -0.2) is 4.98 Å². The van der Waals surface area contributed by atoms with Gasteiger partial charge in [0.15, 0.2) is 0 Å². The molecule has 0 aliphatic rings. The third-order valence-corrected chi connectivity index (χ3v) is 3.05. The number of nitrogens with zero attached hydrogens (tertiary/aromatic N) is 2. The van der Waals surface area contributed by atoms with Gasteiger partial charge in [0.05, 0.1) is 6.10 Å². The van der Waals surface area contributed by atoms with Crippen molar-refractivity contribution in [2.24, 2.45) is 12.5 Å². The Bertz CT molecular complexity index is 312. The van der Waals surface area contributed by atoms with Crippen LogP contribution in [0.1, 0.15) is 45.9 Å². The first-order valence-corrected chi connectivity index (χ1v) is 6.05. The largest absolute Gasteiger partial charge is 0.393 e. The van der Waals surface area contributed by atoms with Crippen molar-refractivity contribution in [3.63, 3.8) is 0 Å². The molecule has 0 spiro atoms. The van der Waals surface area contributed by atoms with Gasteiger partial charge in [0.1, 0.15) is 5.82 Å². The van der Waals surface area contributed by atoms with Gasteiger partial charge < -0.3 is 9.67 Å². The molecule has 1 rings (SSSR count). The Kier molecular flexibility index (Phi) is 4.54. The van der Waals surface area contributed by atoms with Gasteiger partial charge in [-0.1, -0.05) is 27.2 Å². The summed E-state index contributed by atoms with van der Waals surface area (Å²) >= 11 is 0. The maximum atomic E-state index is 9.88. The molecule has 0 saturated carbocycles. The summed E-state index contributed by atoms with van der Waals surface area (Å²) in [5.74, 6) is 1.13. The average Bonchev–Trinajstić information content (AvgIpc) is 2.57. The first-order valence-electron chi connectivity index (χ1n) is 6.05. The van der Waals surface area contributed by atoms with E-state index in [-0.39, 0.29) is 11.5 Å². The van der Waals surface area contributed by atoms with Crippen LogP contribution in [0, 0.1) is 5.41 Å². The Labute approximate surface area is 98.5 Å². The van der Waals surface area contributed by atoms with E-state index in [2.05, 4.69) is 30.3 Å². The van der Waals surface area contributed by atoms with Crippen molar-refractivity contribution in [1.29, 1.82) is 0 Å². The molecule has 0 saturated heterocycles. The van der Waals surface area contributed by atoms with E-state index in [1.165, 1.54) is 0 Å². The van der Waals surface area contributed by atoms with E-state index >= 15 is 0 Å². The van der Waals surface area contributed by atoms with Crippen molar-refractivity contribution in [1.82, 2.24) is 9.55 Å². The SMILES string of the molecule is Cn1ccnc1CCCCC(O)C(C)(C)C. The van der Waals surface area contributed by atoms with E-state index < -0.39 is 0 Å². The Morgan fingerprint density at radius 1 is 1.38 bits per heavy atom. The monoisotopic (exact) mass is 224 g/mol. The maximum Gasteiger partial charge on any atom is 0.108 e. The van der Waals surface area contributed by atoms with Crippen molar-refractivity contribution >= 4 is 0 Å². The lowest BCUT2D eigenvalue weighted by Crippen LogP contribution is -2.25. The first kappa shape index (κ1) is 13.2. The van der Waals surface area contributed by atoms with Crippen LogP contribution in [0.5, 0.6) is 0 Å². The number of aliphatic hydroxyl groups is 1. The third-order valence-electron chi connectivity index (χ3n) is 3.05. The molecule has 16 heavy (non-hydrogen) atoms. The molecule has 92 valence electrons. The molecule has 1 aromatic rings. The second-order valence-electron chi connectivity index (χ2n) is 5.58. The fourth-order valence-electron chi connectivity index (χ4n) is 1.69. The van der Waals surface area contributed by atoms with Gasteiger partial charge in [-0.3, -0.25) is 0 Å². The number of aromatic nitrogens is 2. The molecule has 0 aromatic carbocycles. The molecule has 0 radical (unpaired) electrons. The van der Waals surface area contributed by atoms with E-state index in [4.69, 9.17) is 0 Å². The van der Waals surface area contributed by atoms with Crippen LogP contribution in [0.4, 0.5) is 0 Å². The van der Waals surface area contributed by atoms with Gasteiger partial charge in [-0.05, 0) is 18.3 Å². The molecule has 1 heterocycles. The molecule has 0 aliphatic heterocycles. The average molecular weight is 224 g/mol. The second kappa shape index (κ2) is 5.48. The number of unbranched alkanes of at least 4 members (excludes halogenated alkanes) is 1. The zero-order chi connectivity index (χ0) is 12.2. The van der Waals surface area contributed by atoms with Crippen LogP contribution >= 0.6 is 0 Å². The summed E-state index contributed by atoms with van der Waals surface area (Å²) in [6.45, 7) is 6.24. The van der Waals surface area contributed by atoms with Crippen molar-refractivity contribution < 1.29 is 5.11 Å². The van der Waals surface area contributed by atoms with Gasteiger partial charge in [0, 0.05) is 25.9 Å². The predicted octanol–water partition coefficient (Wildman–Crippen LogP) is 2.54. The molecule has 1 aromatic heterocycles. The van der Waals surface area contributed by atoms with Gasteiger partial charge in [-0.15, -0.1) is 0 Å². The van der Waals surface area contributed by atoms with Gasteiger partial charge >= 0.3 is 0 Å². The minimum atomic E-state index is -0.200. The van der Waals surface area contributed by atoms with Crippen LogP contribution in [0.3, 0.4) is 0 Å². The van der Waals surface area contributed by atoms with Crippen LogP contribution in [-0.4, -0.2) is 20.8 Å². The van der Waals surface area contributed by atoms with Crippen LogP contribution in [-0.2, 0) is 13.5 Å². The number of hydrogen-bond acceptors (Lipinski definition) is 2. The fraction of sp³-hybridized carbons (Fsp3) is 0.769. The van der Waals surface area contributed by atoms with E-state index in [1.807, 2.05) is 19.4 Å². The topological polar surface area (TPSA) is 38.0 Å². The van der Waals surface area contributed by atoms with E-state index in [9.17, 15) is 5.11 Å². The summed E-state index contributed by atoms with van der Waals surface area (Å²) in [6.07, 6.45) is 7.64. The molecule has 0 bridgehead atoms. The molecule has 3 heteroatoms. The molecular weight excluding hydrogens is 200 g/mol. The molecule has 0 aliphatic carbocycles. The third kappa shape index (κ3) is 3.97. The van der Waals surface area contributed by atoms with Crippen LogP contribution < -0.4 is 0 Å². The highest BCUT2D eigenvalue weighted by Crippen LogP contribution is 2.23. The molecule has 1 atom stereocenters. The summed E-state index contributed by atoms with van der Waals surface area (Å²) in [4.78, 5) is 4.28. The van der Waals surface area contributed by atoms with Gasteiger partial charge in [-0.2, -0.15) is 0 Å². The van der Waals surface area contributed by atoms with Crippen molar-refractivity contribution in [3.05, 3.63) is 18.2 Å². The number of hydrogen-bond donors (Lipinski definition) is 1. The second-order valence-corrected chi connectivity index (χ2v) is 5.58. The van der Waals surface area contributed by atoms with Gasteiger partial charge in [0.25, 0.3) is 0 Å². The maximum absolute atomic E-state index is 9.88. The van der Waals surface area contributed by atoms with Crippen molar-refractivity contribution in [2.45, 2.75) is 52.6 Å². The molecule has 3 nitrogen and oxygen atoms in total. The number of rotatable bonds is 5. The fourth-order valence-corrected chi connectivity index (χ4v) is 1.69. The number of aryl methyl sites for hydroxylation is 2. The normalized spacial score (nSPS) is 14.1. The summed E-state index contributed by atoms with van der Waals surface area (Å²) in [5.41, 5.74) is 0.00320. The Balaban J connectivity index is 2.20. The van der Waals surface area contributed by atoms with Crippen LogP contribution in [0.25, 0.3) is 0 Å². The Morgan fingerprint density at radius 2 is 2.06 bits per heavy atom. The summed E-state index contributed by atoms with van der Waals surface area (Å²) < 4.78 is 2.06. The highest BCUT2D eigenvalue weighted by Gasteiger charge is 2.21. The molecule has 1 unspecified atom stereocenters. The minimum absolute atomic E-state index is 0.00320. The molecule has 1 N–H and O–H groups in total. The lowest BCUT2D eigenvalue weighted by Gasteiger charge is -2.25. The van der Waals surface area contributed by atoms with Crippen LogP contribution in [0.2, 0.25) is 0 Å². The first-order chi connectivity index (χ1) is 7.41. The summed E-state index contributed by atoms with van der Waals surface area (Å²) in [5, 5.41) is 9.88. The smallest absolute Gasteiger partial charge is 0.108 e. The Hall–Kier alpha value is -0.830. The summed E-state index contributed by atoms with van der Waals surface area (Å²) in [7, 11) is 2.02. The summed E-state index contributed by atoms with van der Waals surface area (Å²) in [6, 6.07) is 0. The quantitative estimate of drug-likeness (QED) is 0.780. The zero-order valence-electron chi connectivity index (χ0n) is 10.9. The lowest BCUT2D eigenvalue weighted by molar-refractivity contribution is 0.0535. The number of imidazole rings is 1. The van der Waals surface area contributed by atoms with E-state index in [1.54, 1.807) is 0 Å². The number of aliphatic hydroxyl groups excluding tert-OH is 1. The molecular formula is C13H24N2O. The van der Waals surface area contributed by atoms with Crippen molar-refractivity contribution in [2.75, 3.05) is 0 Å². The Morgan fingerprint density at radius 3 is 2.56 bits per heavy atom. The minimum Gasteiger partial charge on any atom is -0.393 e. The zero-order valence-corrected chi connectivity index (χ0v) is 10.9. The molecule has 0 fully saturated rings.